The summed E-state index contributed by atoms with van der Waals surface area (Å²) < 4.78 is 5.88. The molecule has 0 aromatic carbocycles. The van der Waals surface area contributed by atoms with Gasteiger partial charge in [0, 0.05) is 11.8 Å². The van der Waals surface area contributed by atoms with Gasteiger partial charge in [-0.2, -0.15) is 0 Å². The molecule has 14 heavy (non-hydrogen) atoms. The van der Waals surface area contributed by atoms with Crippen molar-refractivity contribution in [3.05, 3.63) is 23.5 Å². The van der Waals surface area contributed by atoms with Crippen molar-refractivity contribution >= 4 is 0 Å². The Hall–Kier alpha value is -0.720. The van der Waals surface area contributed by atoms with Crippen LogP contribution in [0.4, 0.5) is 0 Å². The van der Waals surface area contributed by atoms with Crippen LogP contribution in [0.5, 0.6) is 0 Å². The summed E-state index contributed by atoms with van der Waals surface area (Å²) in [6.07, 6.45) is 9.96. The largest absolute Gasteiger partial charge is 0.498 e. The summed E-state index contributed by atoms with van der Waals surface area (Å²) in [6, 6.07) is 0. The van der Waals surface area contributed by atoms with Crippen LogP contribution < -0.4 is 0 Å². The number of allylic oxidation sites excluding steroid dienone is 4. The maximum Gasteiger partial charge on any atom is 0.0988 e. The van der Waals surface area contributed by atoms with E-state index in [4.69, 9.17) is 4.74 Å². The molecule has 0 bridgehead atoms. The summed E-state index contributed by atoms with van der Waals surface area (Å²) in [7, 11) is 0. The second-order valence-corrected chi connectivity index (χ2v) is 4.90. The quantitative estimate of drug-likeness (QED) is 0.533. The van der Waals surface area contributed by atoms with Gasteiger partial charge in [0.15, 0.2) is 0 Å². The number of ether oxygens (including phenoxy) is 1. The highest BCUT2D eigenvalue weighted by atomic mass is 16.5. The van der Waals surface area contributed by atoms with Gasteiger partial charge < -0.3 is 4.74 Å². The minimum absolute atomic E-state index is 0.676. The van der Waals surface area contributed by atoms with Crippen molar-refractivity contribution < 1.29 is 4.74 Å². The molecule has 0 N–H and O–H groups in total. The van der Waals surface area contributed by atoms with E-state index >= 15 is 0 Å². The van der Waals surface area contributed by atoms with E-state index in [1.165, 1.54) is 31.4 Å². The first-order valence-electron chi connectivity index (χ1n) is 5.89. The molecule has 0 amide bonds. The zero-order valence-corrected chi connectivity index (χ0v) is 8.83. The Morgan fingerprint density at radius 2 is 2.21 bits per heavy atom. The summed E-state index contributed by atoms with van der Waals surface area (Å²) in [5.74, 6) is 3.58. The van der Waals surface area contributed by atoms with Crippen LogP contribution in [0.25, 0.3) is 0 Å². The highest BCUT2D eigenvalue weighted by Gasteiger charge is 2.36. The van der Waals surface area contributed by atoms with Gasteiger partial charge in [-0.25, -0.2) is 0 Å². The molecule has 3 rings (SSSR count). The lowest BCUT2D eigenvalue weighted by Gasteiger charge is -2.40. The maximum atomic E-state index is 5.88. The molecule has 3 atom stereocenters. The molecule has 1 heteroatoms. The van der Waals surface area contributed by atoms with Crippen molar-refractivity contribution in [1.29, 1.82) is 0 Å². The first-order chi connectivity index (χ1) is 6.86. The average Bonchev–Trinajstić information content (AvgIpc) is 2.24. The Labute approximate surface area is 85.8 Å². The van der Waals surface area contributed by atoms with E-state index in [1.54, 1.807) is 5.57 Å². The predicted molar refractivity (Wildman–Crippen MR) is 56.7 cm³/mol. The highest BCUT2D eigenvalue weighted by molar-refractivity contribution is 5.29. The van der Waals surface area contributed by atoms with Crippen LogP contribution in [-0.4, -0.2) is 6.61 Å². The van der Waals surface area contributed by atoms with Crippen molar-refractivity contribution in [3.63, 3.8) is 0 Å². The van der Waals surface area contributed by atoms with Gasteiger partial charge in [0.1, 0.15) is 0 Å². The Morgan fingerprint density at radius 3 is 3.14 bits per heavy atom. The van der Waals surface area contributed by atoms with E-state index in [9.17, 15) is 0 Å². The fourth-order valence-corrected chi connectivity index (χ4v) is 3.24. The molecule has 0 fully saturated rings. The number of hydrogen-bond donors (Lipinski definition) is 0. The monoisotopic (exact) mass is 190 g/mol. The predicted octanol–water partition coefficient (Wildman–Crippen LogP) is 3.28. The van der Waals surface area contributed by atoms with Crippen LogP contribution in [0, 0.1) is 17.8 Å². The minimum atomic E-state index is 0.676. The third-order valence-electron chi connectivity index (χ3n) is 3.99. The van der Waals surface area contributed by atoms with Crippen molar-refractivity contribution in [2.45, 2.75) is 32.6 Å². The normalized spacial score (nSPS) is 40.5. The van der Waals surface area contributed by atoms with Crippen LogP contribution in [0.15, 0.2) is 23.5 Å². The first kappa shape index (κ1) is 8.58. The third-order valence-corrected chi connectivity index (χ3v) is 3.99. The molecule has 2 aliphatic carbocycles. The summed E-state index contributed by atoms with van der Waals surface area (Å²) in [6.45, 7) is 3.25. The second kappa shape index (κ2) is 3.15. The maximum absolute atomic E-state index is 5.88. The van der Waals surface area contributed by atoms with E-state index in [-0.39, 0.29) is 0 Å². The van der Waals surface area contributed by atoms with Gasteiger partial charge in [0.2, 0.25) is 0 Å². The zero-order chi connectivity index (χ0) is 9.54. The van der Waals surface area contributed by atoms with Crippen molar-refractivity contribution in [2.24, 2.45) is 17.8 Å². The van der Waals surface area contributed by atoms with Crippen LogP contribution in [0.2, 0.25) is 0 Å². The molecular formula is C13H18O. The van der Waals surface area contributed by atoms with Crippen LogP contribution >= 0.6 is 0 Å². The zero-order valence-electron chi connectivity index (χ0n) is 8.83. The lowest BCUT2D eigenvalue weighted by molar-refractivity contribution is 0.118. The SMILES string of the molecule is C[C@@H]1CC[C@H]2CC=CC3CCOC1=C32. The minimum Gasteiger partial charge on any atom is -0.498 e. The molecule has 0 saturated carbocycles. The molecular weight excluding hydrogens is 172 g/mol. The fourth-order valence-electron chi connectivity index (χ4n) is 3.24. The molecule has 1 nitrogen and oxygen atoms in total. The Balaban J connectivity index is 2.06. The van der Waals surface area contributed by atoms with Crippen molar-refractivity contribution in [2.75, 3.05) is 6.61 Å². The smallest absolute Gasteiger partial charge is 0.0988 e. The topological polar surface area (TPSA) is 9.23 Å². The standard InChI is InChI=1S/C13H18O/c1-9-5-6-10-3-2-4-11-7-8-14-13(9)12(10)11/h2,4,9-11H,3,5-8H2,1H3/t9-,10-,11?/m1/s1. The van der Waals surface area contributed by atoms with Gasteiger partial charge in [-0.15, -0.1) is 0 Å². The molecule has 0 radical (unpaired) electrons. The molecule has 0 aromatic rings. The lowest BCUT2D eigenvalue weighted by Crippen LogP contribution is -2.30. The molecule has 76 valence electrons. The first-order valence-corrected chi connectivity index (χ1v) is 5.89. The molecule has 1 unspecified atom stereocenters. The summed E-state index contributed by atoms with van der Waals surface area (Å²) in [5.41, 5.74) is 1.66. The van der Waals surface area contributed by atoms with E-state index in [0.29, 0.717) is 5.92 Å². The van der Waals surface area contributed by atoms with Gasteiger partial charge in [0.25, 0.3) is 0 Å². The van der Waals surface area contributed by atoms with Gasteiger partial charge >= 0.3 is 0 Å². The average molecular weight is 190 g/mol. The highest BCUT2D eigenvalue weighted by Crippen LogP contribution is 2.46. The Kier molecular flexibility index (Phi) is 1.93. The van der Waals surface area contributed by atoms with Crippen LogP contribution in [0.3, 0.4) is 0 Å². The van der Waals surface area contributed by atoms with Crippen molar-refractivity contribution in [1.82, 2.24) is 0 Å². The van der Waals surface area contributed by atoms with Crippen LogP contribution in [0.1, 0.15) is 32.6 Å². The van der Waals surface area contributed by atoms with E-state index < -0.39 is 0 Å². The van der Waals surface area contributed by atoms with Gasteiger partial charge in [-0.3, -0.25) is 0 Å². The van der Waals surface area contributed by atoms with E-state index in [2.05, 4.69) is 19.1 Å². The molecule has 3 aliphatic rings. The molecule has 1 heterocycles. The van der Waals surface area contributed by atoms with Gasteiger partial charge in [-0.1, -0.05) is 19.1 Å². The van der Waals surface area contributed by atoms with E-state index in [0.717, 1.165) is 18.4 Å². The summed E-state index contributed by atoms with van der Waals surface area (Å²) in [5, 5.41) is 0. The number of rotatable bonds is 0. The fraction of sp³-hybridized carbons (Fsp3) is 0.692. The van der Waals surface area contributed by atoms with Crippen molar-refractivity contribution in [3.8, 4) is 0 Å². The second-order valence-electron chi connectivity index (χ2n) is 4.90. The number of hydrogen-bond acceptors (Lipinski definition) is 1. The summed E-state index contributed by atoms with van der Waals surface area (Å²) in [4.78, 5) is 0. The van der Waals surface area contributed by atoms with E-state index in [1.807, 2.05) is 0 Å². The molecule has 0 spiro atoms. The molecule has 0 saturated heterocycles. The molecule has 1 aliphatic heterocycles. The Bertz CT molecular complexity index is 300. The Morgan fingerprint density at radius 1 is 1.29 bits per heavy atom. The summed E-state index contributed by atoms with van der Waals surface area (Å²) >= 11 is 0. The molecule has 0 aromatic heterocycles. The van der Waals surface area contributed by atoms with Gasteiger partial charge in [0.05, 0.1) is 12.4 Å². The third kappa shape index (κ3) is 1.14. The van der Waals surface area contributed by atoms with Crippen LogP contribution in [-0.2, 0) is 4.74 Å². The lowest BCUT2D eigenvalue weighted by atomic mass is 9.70. The van der Waals surface area contributed by atoms with Gasteiger partial charge in [-0.05, 0) is 37.2 Å².